The van der Waals surface area contributed by atoms with Crippen LogP contribution in [0.15, 0.2) is 12.1 Å². The summed E-state index contributed by atoms with van der Waals surface area (Å²) in [7, 11) is 0. The number of rotatable bonds is 0. The molecule has 0 bridgehead atoms. The molecule has 0 heterocycles. The summed E-state index contributed by atoms with van der Waals surface area (Å²) in [6, 6.07) is 3.05. The summed E-state index contributed by atoms with van der Waals surface area (Å²) in [5.41, 5.74) is 7.73. The first-order chi connectivity index (χ1) is 6.16. The fourth-order valence-corrected chi connectivity index (χ4v) is 1.79. The number of hydrogen-bond acceptors (Lipinski definition) is 2. The van der Waals surface area contributed by atoms with Gasteiger partial charge < -0.3 is 10.8 Å². The zero-order valence-corrected chi connectivity index (χ0v) is 8.48. The van der Waals surface area contributed by atoms with Crippen molar-refractivity contribution in [3.8, 4) is 5.75 Å². The minimum Gasteiger partial charge on any atom is -0.505 e. The lowest BCUT2D eigenvalue weighted by molar-refractivity contribution is 0.428. The van der Waals surface area contributed by atoms with Crippen LogP contribution < -0.4 is 5.73 Å². The molecule has 1 aromatic rings. The van der Waals surface area contributed by atoms with E-state index in [4.69, 9.17) is 10.8 Å². The molecule has 4 heteroatoms. The maximum absolute atomic E-state index is 12.9. The second kappa shape index (κ2) is 4.15. The predicted octanol–water partition coefficient (Wildman–Crippen LogP) is 1.77. The monoisotopic (exact) mass is 217 g/mol. The zero-order valence-electron chi connectivity index (χ0n) is 7.66. The number of nitrogens with two attached hydrogens (primary N) is 1. The Bertz CT molecular complexity index is 343. The number of aromatic hydroxyl groups is 1. The number of benzene rings is 1. The zero-order chi connectivity index (χ0) is 9.42. The van der Waals surface area contributed by atoms with Crippen molar-refractivity contribution in [1.29, 1.82) is 0 Å². The average Bonchev–Trinajstić information content (AvgIpc) is 2.08. The Kier molecular flexibility index (Phi) is 3.34. The highest BCUT2D eigenvalue weighted by molar-refractivity contribution is 5.85. The predicted molar refractivity (Wildman–Crippen MR) is 55.3 cm³/mol. The van der Waals surface area contributed by atoms with Crippen LogP contribution in [0.5, 0.6) is 5.75 Å². The molecule has 0 fully saturated rings. The molecule has 0 radical (unpaired) electrons. The van der Waals surface area contributed by atoms with Gasteiger partial charge in [-0.1, -0.05) is 0 Å². The van der Waals surface area contributed by atoms with E-state index in [1.165, 1.54) is 12.1 Å². The minimum absolute atomic E-state index is 0. The van der Waals surface area contributed by atoms with Gasteiger partial charge >= 0.3 is 0 Å². The second-order valence-corrected chi connectivity index (χ2v) is 3.58. The first kappa shape index (κ1) is 11.3. The van der Waals surface area contributed by atoms with Gasteiger partial charge in [0.2, 0.25) is 0 Å². The second-order valence-electron chi connectivity index (χ2n) is 3.58. The Balaban J connectivity index is 0.000000980. The highest BCUT2D eigenvalue weighted by atomic mass is 35.5. The molecule has 2 rings (SSSR count). The van der Waals surface area contributed by atoms with E-state index < -0.39 is 5.82 Å². The third kappa shape index (κ3) is 1.99. The molecule has 1 aliphatic rings. The van der Waals surface area contributed by atoms with E-state index in [1.807, 2.05) is 0 Å². The van der Waals surface area contributed by atoms with Gasteiger partial charge in [0.25, 0.3) is 0 Å². The van der Waals surface area contributed by atoms with Crippen LogP contribution in [0.25, 0.3) is 0 Å². The number of fused-ring (bicyclic) bond motifs is 1. The summed E-state index contributed by atoms with van der Waals surface area (Å²) < 4.78 is 12.9. The van der Waals surface area contributed by atoms with Crippen molar-refractivity contribution in [3.05, 3.63) is 29.1 Å². The van der Waals surface area contributed by atoms with Crippen molar-refractivity contribution in [2.45, 2.75) is 25.3 Å². The molecule has 1 aromatic carbocycles. The molecule has 1 unspecified atom stereocenters. The van der Waals surface area contributed by atoms with Crippen LogP contribution in [-0.2, 0) is 12.8 Å². The third-order valence-electron chi connectivity index (χ3n) is 2.54. The SMILES string of the molecule is Cl.NC1CCc2cc(F)c(O)cc2C1. The van der Waals surface area contributed by atoms with Gasteiger partial charge in [0.15, 0.2) is 11.6 Å². The smallest absolute Gasteiger partial charge is 0.165 e. The molecule has 0 amide bonds. The lowest BCUT2D eigenvalue weighted by Crippen LogP contribution is -2.27. The fourth-order valence-electron chi connectivity index (χ4n) is 1.79. The van der Waals surface area contributed by atoms with Crippen LogP contribution in [0.4, 0.5) is 4.39 Å². The summed E-state index contributed by atoms with van der Waals surface area (Å²) in [6.45, 7) is 0. The molecule has 14 heavy (non-hydrogen) atoms. The molecule has 1 atom stereocenters. The van der Waals surface area contributed by atoms with Crippen molar-refractivity contribution in [1.82, 2.24) is 0 Å². The van der Waals surface area contributed by atoms with Crippen molar-refractivity contribution >= 4 is 12.4 Å². The number of phenols is 1. The third-order valence-corrected chi connectivity index (χ3v) is 2.54. The Morgan fingerprint density at radius 1 is 1.36 bits per heavy atom. The van der Waals surface area contributed by atoms with Crippen molar-refractivity contribution in [2.24, 2.45) is 5.73 Å². The molecular formula is C10H13ClFNO. The summed E-state index contributed by atoms with van der Waals surface area (Å²) in [4.78, 5) is 0. The number of halogens is 2. The number of hydrogen-bond donors (Lipinski definition) is 2. The minimum atomic E-state index is -0.533. The van der Waals surface area contributed by atoms with Crippen LogP contribution in [0.2, 0.25) is 0 Å². The molecule has 0 aromatic heterocycles. The normalized spacial score (nSPS) is 19.7. The molecular weight excluding hydrogens is 205 g/mol. The van der Waals surface area contributed by atoms with Crippen molar-refractivity contribution < 1.29 is 9.50 Å². The Labute approximate surface area is 88.3 Å². The maximum Gasteiger partial charge on any atom is 0.165 e. The lowest BCUT2D eigenvalue weighted by Gasteiger charge is -2.21. The van der Waals surface area contributed by atoms with E-state index in [0.29, 0.717) is 0 Å². The molecule has 1 aliphatic carbocycles. The standard InChI is InChI=1S/C10H12FNO.ClH/c11-9-4-6-1-2-8(12)3-7(6)5-10(9)13;/h4-5,8,13H,1-3,12H2;1H. The van der Waals surface area contributed by atoms with E-state index >= 15 is 0 Å². The summed E-state index contributed by atoms with van der Waals surface area (Å²) in [5, 5.41) is 9.15. The molecule has 0 aliphatic heterocycles. The fraction of sp³-hybridized carbons (Fsp3) is 0.400. The van der Waals surface area contributed by atoms with Crippen LogP contribution in [-0.4, -0.2) is 11.1 Å². The summed E-state index contributed by atoms with van der Waals surface area (Å²) >= 11 is 0. The molecule has 0 saturated heterocycles. The Morgan fingerprint density at radius 3 is 2.79 bits per heavy atom. The molecule has 3 N–H and O–H groups in total. The van der Waals surface area contributed by atoms with E-state index in [1.54, 1.807) is 0 Å². The lowest BCUT2D eigenvalue weighted by atomic mass is 9.88. The first-order valence-electron chi connectivity index (χ1n) is 4.42. The highest BCUT2D eigenvalue weighted by Crippen LogP contribution is 2.26. The first-order valence-corrected chi connectivity index (χ1v) is 4.42. The van der Waals surface area contributed by atoms with Crippen molar-refractivity contribution in [3.63, 3.8) is 0 Å². The van der Waals surface area contributed by atoms with Gasteiger partial charge in [-0.15, -0.1) is 12.4 Å². The van der Waals surface area contributed by atoms with Gasteiger partial charge in [0.05, 0.1) is 0 Å². The quantitative estimate of drug-likeness (QED) is 0.696. The van der Waals surface area contributed by atoms with Gasteiger partial charge in [-0.2, -0.15) is 0 Å². The topological polar surface area (TPSA) is 46.2 Å². The average molecular weight is 218 g/mol. The molecule has 0 spiro atoms. The summed E-state index contributed by atoms with van der Waals surface area (Å²) in [5.74, 6) is -0.804. The maximum atomic E-state index is 12.9. The van der Waals surface area contributed by atoms with Gasteiger partial charge in [-0.05, 0) is 42.5 Å². The van der Waals surface area contributed by atoms with Crippen LogP contribution in [0.3, 0.4) is 0 Å². The van der Waals surface area contributed by atoms with Crippen molar-refractivity contribution in [2.75, 3.05) is 0 Å². The van der Waals surface area contributed by atoms with Gasteiger partial charge in [-0.25, -0.2) is 4.39 Å². The molecule has 2 nitrogen and oxygen atoms in total. The van der Waals surface area contributed by atoms with Crippen LogP contribution >= 0.6 is 12.4 Å². The summed E-state index contributed by atoms with van der Waals surface area (Å²) in [6.07, 6.45) is 2.45. The van der Waals surface area contributed by atoms with Gasteiger partial charge in [0.1, 0.15) is 0 Å². The van der Waals surface area contributed by atoms with Crippen LogP contribution in [0.1, 0.15) is 17.5 Å². The van der Waals surface area contributed by atoms with E-state index in [-0.39, 0.29) is 24.2 Å². The molecule has 0 saturated carbocycles. The Hall–Kier alpha value is -0.800. The van der Waals surface area contributed by atoms with E-state index in [9.17, 15) is 4.39 Å². The van der Waals surface area contributed by atoms with E-state index in [0.717, 1.165) is 30.4 Å². The van der Waals surface area contributed by atoms with Gasteiger partial charge in [0, 0.05) is 6.04 Å². The number of aryl methyl sites for hydroxylation is 1. The Morgan fingerprint density at radius 2 is 2.07 bits per heavy atom. The van der Waals surface area contributed by atoms with E-state index in [2.05, 4.69) is 0 Å². The van der Waals surface area contributed by atoms with Gasteiger partial charge in [-0.3, -0.25) is 0 Å². The number of phenolic OH excluding ortho intramolecular Hbond substituents is 1. The van der Waals surface area contributed by atoms with Crippen LogP contribution in [0, 0.1) is 5.82 Å². The molecule has 78 valence electrons. The highest BCUT2D eigenvalue weighted by Gasteiger charge is 2.17. The largest absolute Gasteiger partial charge is 0.505 e.